The van der Waals surface area contributed by atoms with Crippen LogP contribution in [0.3, 0.4) is 0 Å². The zero-order valence-corrected chi connectivity index (χ0v) is 13.9. The van der Waals surface area contributed by atoms with Gasteiger partial charge in [0, 0.05) is 31.6 Å². The van der Waals surface area contributed by atoms with Crippen molar-refractivity contribution in [1.82, 2.24) is 10.3 Å². The van der Waals surface area contributed by atoms with Gasteiger partial charge in [0.05, 0.1) is 12.3 Å². The van der Waals surface area contributed by atoms with Gasteiger partial charge in [0.2, 0.25) is 0 Å². The Kier molecular flexibility index (Phi) is 5.81. The van der Waals surface area contributed by atoms with E-state index in [1.165, 1.54) is 16.4 Å². The standard InChI is InChI=1S/C15H27N3OS/c1-5-16-7-14-13(10-19-4)17-15(20-14)18-8-11(2)6-12(3)9-18/h11-12,16H,5-10H2,1-4H3. The van der Waals surface area contributed by atoms with E-state index in [9.17, 15) is 0 Å². The lowest BCUT2D eigenvalue weighted by atomic mass is 9.92. The average Bonchev–Trinajstić information content (AvgIpc) is 2.79. The molecule has 1 fully saturated rings. The van der Waals surface area contributed by atoms with Gasteiger partial charge in [-0.1, -0.05) is 20.8 Å². The van der Waals surface area contributed by atoms with E-state index in [1.54, 1.807) is 7.11 Å². The van der Waals surface area contributed by atoms with Gasteiger partial charge in [0.15, 0.2) is 5.13 Å². The first-order valence-corrected chi connectivity index (χ1v) is 8.38. The fourth-order valence-corrected chi connectivity index (χ4v) is 4.00. The van der Waals surface area contributed by atoms with Crippen LogP contribution in [0, 0.1) is 11.8 Å². The topological polar surface area (TPSA) is 37.4 Å². The maximum absolute atomic E-state index is 5.29. The van der Waals surface area contributed by atoms with Gasteiger partial charge in [0.25, 0.3) is 0 Å². The normalized spacial score (nSPS) is 23.3. The Bertz CT molecular complexity index is 411. The third-order valence-corrected chi connectivity index (χ3v) is 4.88. The molecule has 2 heterocycles. The molecule has 0 radical (unpaired) electrons. The van der Waals surface area contributed by atoms with Crippen LogP contribution in [-0.4, -0.2) is 31.7 Å². The number of hydrogen-bond acceptors (Lipinski definition) is 5. The summed E-state index contributed by atoms with van der Waals surface area (Å²) in [6.07, 6.45) is 1.33. The highest BCUT2D eigenvalue weighted by atomic mass is 32.1. The van der Waals surface area contributed by atoms with Gasteiger partial charge >= 0.3 is 0 Å². The van der Waals surface area contributed by atoms with Crippen LogP contribution in [0.1, 0.15) is 37.8 Å². The third-order valence-electron chi connectivity index (χ3n) is 3.72. The maximum Gasteiger partial charge on any atom is 0.185 e. The molecule has 0 aliphatic carbocycles. The summed E-state index contributed by atoms with van der Waals surface area (Å²) in [5.74, 6) is 1.51. The lowest BCUT2D eigenvalue weighted by Crippen LogP contribution is -2.38. The molecule has 1 saturated heterocycles. The summed E-state index contributed by atoms with van der Waals surface area (Å²) in [5.41, 5.74) is 1.10. The maximum atomic E-state index is 5.29. The third kappa shape index (κ3) is 3.93. The van der Waals surface area contributed by atoms with Crippen LogP contribution in [0.2, 0.25) is 0 Å². The predicted molar refractivity (Wildman–Crippen MR) is 85.4 cm³/mol. The number of methoxy groups -OCH3 is 1. The van der Waals surface area contributed by atoms with Crippen molar-refractivity contribution in [2.75, 3.05) is 31.6 Å². The Morgan fingerprint density at radius 1 is 1.35 bits per heavy atom. The van der Waals surface area contributed by atoms with Crippen LogP contribution in [0.5, 0.6) is 0 Å². The Morgan fingerprint density at radius 2 is 2.05 bits per heavy atom. The van der Waals surface area contributed by atoms with E-state index in [-0.39, 0.29) is 0 Å². The van der Waals surface area contributed by atoms with Crippen molar-refractivity contribution >= 4 is 16.5 Å². The molecule has 2 rings (SSSR count). The molecule has 1 aliphatic rings. The van der Waals surface area contributed by atoms with Gasteiger partial charge in [-0.3, -0.25) is 0 Å². The van der Waals surface area contributed by atoms with Crippen LogP contribution in [0.25, 0.3) is 0 Å². The molecule has 0 amide bonds. The number of nitrogens with zero attached hydrogens (tertiary/aromatic N) is 2. The highest BCUT2D eigenvalue weighted by Gasteiger charge is 2.25. The van der Waals surface area contributed by atoms with Crippen molar-refractivity contribution in [2.24, 2.45) is 11.8 Å². The molecule has 20 heavy (non-hydrogen) atoms. The molecule has 2 unspecified atom stereocenters. The van der Waals surface area contributed by atoms with E-state index in [1.807, 2.05) is 11.3 Å². The van der Waals surface area contributed by atoms with Crippen LogP contribution < -0.4 is 10.2 Å². The van der Waals surface area contributed by atoms with Crippen LogP contribution in [-0.2, 0) is 17.9 Å². The Labute approximate surface area is 126 Å². The van der Waals surface area contributed by atoms with Crippen molar-refractivity contribution in [1.29, 1.82) is 0 Å². The Balaban J connectivity index is 2.14. The highest BCUT2D eigenvalue weighted by Crippen LogP contribution is 2.31. The molecule has 1 aliphatic heterocycles. The molecule has 0 saturated carbocycles. The van der Waals surface area contributed by atoms with Gasteiger partial charge in [-0.25, -0.2) is 4.98 Å². The SMILES string of the molecule is CCNCc1sc(N2CC(C)CC(C)C2)nc1COC. The summed E-state index contributed by atoms with van der Waals surface area (Å²) in [6.45, 7) is 11.6. The lowest BCUT2D eigenvalue weighted by molar-refractivity contribution is 0.181. The molecule has 0 spiro atoms. The van der Waals surface area contributed by atoms with Crippen molar-refractivity contribution in [3.63, 3.8) is 0 Å². The summed E-state index contributed by atoms with van der Waals surface area (Å²) in [5, 5.41) is 4.56. The zero-order chi connectivity index (χ0) is 14.5. The summed E-state index contributed by atoms with van der Waals surface area (Å²) in [7, 11) is 1.74. The fourth-order valence-electron chi connectivity index (χ4n) is 2.95. The summed E-state index contributed by atoms with van der Waals surface area (Å²) < 4.78 is 5.29. The number of rotatable bonds is 6. The van der Waals surface area contributed by atoms with E-state index in [4.69, 9.17) is 9.72 Å². The van der Waals surface area contributed by atoms with E-state index >= 15 is 0 Å². The molecule has 0 aromatic carbocycles. The Morgan fingerprint density at radius 3 is 2.65 bits per heavy atom. The van der Waals surface area contributed by atoms with Gasteiger partial charge < -0.3 is 15.0 Å². The lowest BCUT2D eigenvalue weighted by Gasteiger charge is -2.34. The number of aromatic nitrogens is 1. The minimum Gasteiger partial charge on any atom is -0.378 e. The van der Waals surface area contributed by atoms with E-state index in [0.717, 1.165) is 43.7 Å². The van der Waals surface area contributed by atoms with Gasteiger partial charge in [0.1, 0.15) is 0 Å². The first-order valence-electron chi connectivity index (χ1n) is 7.57. The molecule has 1 aromatic rings. The largest absolute Gasteiger partial charge is 0.378 e. The molecule has 0 bridgehead atoms. The first-order chi connectivity index (χ1) is 9.63. The summed E-state index contributed by atoms with van der Waals surface area (Å²) in [6, 6.07) is 0. The van der Waals surface area contributed by atoms with E-state index < -0.39 is 0 Å². The second-order valence-electron chi connectivity index (χ2n) is 5.93. The minimum atomic E-state index is 0.607. The van der Waals surface area contributed by atoms with Crippen LogP contribution in [0.15, 0.2) is 0 Å². The van der Waals surface area contributed by atoms with Crippen molar-refractivity contribution in [2.45, 2.75) is 40.3 Å². The molecule has 4 nitrogen and oxygen atoms in total. The molecule has 1 aromatic heterocycles. The zero-order valence-electron chi connectivity index (χ0n) is 13.1. The molecule has 1 N–H and O–H groups in total. The number of hydrogen-bond donors (Lipinski definition) is 1. The number of ether oxygens (including phenoxy) is 1. The van der Waals surface area contributed by atoms with Gasteiger partial charge in [-0.15, -0.1) is 11.3 Å². The summed E-state index contributed by atoms with van der Waals surface area (Å²) in [4.78, 5) is 8.60. The molecule has 5 heteroatoms. The number of anilines is 1. The molecular formula is C15H27N3OS. The highest BCUT2D eigenvalue weighted by molar-refractivity contribution is 7.15. The van der Waals surface area contributed by atoms with Gasteiger partial charge in [-0.05, 0) is 24.8 Å². The predicted octanol–water partition coefficient (Wildman–Crippen LogP) is 2.88. The van der Waals surface area contributed by atoms with Crippen molar-refractivity contribution in [3.8, 4) is 0 Å². The average molecular weight is 297 g/mol. The fraction of sp³-hybridized carbons (Fsp3) is 0.800. The minimum absolute atomic E-state index is 0.607. The van der Waals surface area contributed by atoms with Crippen molar-refractivity contribution in [3.05, 3.63) is 10.6 Å². The van der Waals surface area contributed by atoms with Gasteiger partial charge in [-0.2, -0.15) is 0 Å². The van der Waals surface area contributed by atoms with Crippen LogP contribution in [0.4, 0.5) is 5.13 Å². The van der Waals surface area contributed by atoms with E-state index in [0.29, 0.717) is 6.61 Å². The summed E-state index contributed by atoms with van der Waals surface area (Å²) >= 11 is 1.82. The smallest absolute Gasteiger partial charge is 0.185 e. The number of piperidine rings is 1. The molecule has 2 atom stereocenters. The second kappa shape index (κ2) is 7.38. The number of thiazole rings is 1. The molecule has 114 valence electrons. The second-order valence-corrected chi connectivity index (χ2v) is 6.99. The first kappa shape index (κ1) is 15.7. The van der Waals surface area contributed by atoms with Crippen LogP contribution >= 0.6 is 11.3 Å². The molecular weight excluding hydrogens is 270 g/mol. The number of nitrogens with one attached hydrogen (secondary N) is 1. The Hall–Kier alpha value is -0.650. The van der Waals surface area contributed by atoms with Crippen molar-refractivity contribution < 1.29 is 4.74 Å². The monoisotopic (exact) mass is 297 g/mol. The van der Waals surface area contributed by atoms with E-state index in [2.05, 4.69) is 31.0 Å². The quantitative estimate of drug-likeness (QED) is 0.876.